The molecule has 0 bridgehead atoms. The molecule has 2 aromatic rings. The molecule has 2 aromatic heterocycles. The lowest BCUT2D eigenvalue weighted by Crippen LogP contribution is -2.28. The molecule has 0 spiro atoms. The molecule has 0 fully saturated rings. The van der Waals surface area contributed by atoms with Crippen LogP contribution in [0.15, 0.2) is 12.4 Å². The van der Waals surface area contributed by atoms with E-state index < -0.39 is 0 Å². The fourth-order valence-corrected chi connectivity index (χ4v) is 2.40. The maximum Gasteiger partial charge on any atom is 0.271 e. The van der Waals surface area contributed by atoms with Gasteiger partial charge < -0.3 is 9.88 Å². The maximum atomic E-state index is 12.2. The monoisotopic (exact) mass is 304 g/mol. The van der Waals surface area contributed by atoms with Gasteiger partial charge in [-0.25, -0.2) is 0 Å². The second-order valence-corrected chi connectivity index (χ2v) is 6.03. The standard InChI is InChI=1S/C15H24N6O/c1-10(2)13-8-12(19-20(13)5)15(22)16-6-7-21-9-17-18-14(21)11(3)4/h8-11H,6-7H2,1-5H3,(H,16,22). The summed E-state index contributed by atoms with van der Waals surface area (Å²) >= 11 is 0. The molecule has 0 saturated carbocycles. The smallest absolute Gasteiger partial charge is 0.271 e. The number of aryl methyl sites for hydroxylation is 1. The Kier molecular flexibility index (Phi) is 4.95. The van der Waals surface area contributed by atoms with Crippen LogP contribution >= 0.6 is 0 Å². The van der Waals surface area contributed by atoms with Crippen molar-refractivity contribution in [2.24, 2.45) is 7.05 Å². The fourth-order valence-electron chi connectivity index (χ4n) is 2.40. The number of rotatable bonds is 6. The molecule has 7 nitrogen and oxygen atoms in total. The summed E-state index contributed by atoms with van der Waals surface area (Å²) in [5.74, 6) is 1.42. The number of aromatic nitrogens is 5. The van der Waals surface area contributed by atoms with Crippen molar-refractivity contribution < 1.29 is 4.79 Å². The summed E-state index contributed by atoms with van der Waals surface area (Å²) in [5.41, 5.74) is 1.50. The van der Waals surface area contributed by atoms with E-state index in [0.717, 1.165) is 11.5 Å². The molecule has 0 atom stereocenters. The first kappa shape index (κ1) is 16.2. The maximum absolute atomic E-state index is 12.2. The highest BCUT2D eigenvalue weighted by Gasteiger charge is 2.14. The number of hydrogen-bond acceptors (Lipinski definition) is 4. The number of nitrogens with zero attached hydrogens (tertiary/aromatic N) is 5. The summed E-state index contributed by atoms with van der Waals surface area (Å²) < 4.78 is 3.72. The van der Waals surface area contributed by atoms with E-state index >= 15 is 0 Å². The van der Waals surface area contributed by atoms with Gasteiger partial charge in [0.2, 0.25) is 0 Å². The van der Waals surface area contributed by atoms with Gasteiger partial charge in [-0.2, -0.15) is 5.10 Å². The Balaban J connectivity index is 1.93. The van der Waals surface area contributed by atoms with Crippen LogP contribution in [0, 0.1) is 0 Å². The number of carbonyl (C=O) groups is 1. The lowest BCUT2D eigenvalue weighted by Gasteiger charge is -2.09. The minimum atomic E-state index is -0.151. The third-order valence-corrected chi connectivity index (χ3v) is 3.54. The number of nitrogens with one attached hydrogen (secondary N) is 1. The van der Waals surface area contributed by atoms with Gasteiger partial charge in [-0.1, -0.05) is 27.7 Å². The SMILES string of the molecule is CC(C)c1nncn1CCNC(=O)c1cc(C(C)C)n(C)n1. The van der Waals surface area contributed by atoms with Gasteiger partial charge in [-0.05, 0) is 12.0 Å². The van der Waals surface area contributed by atoms with E-state index in [-0.39, 0.29) is 5.91 Å². The normalized spacial score (nSPS) is 11.4. The van der Waals surface area contributed by atoms with Crippen LogP contribution in [0.3, 0.4) is 0 Å². The van der Waals surface area contributed by atoms with Crippen LogP contribution in [0.2, 0.25) is 0 Å². The summed E-state index contributed by atoms with van der Waals surface area (Å²) in [6.07, 6.45) is 1.69. The summed E-state index contributed by atoms with van der Waals surface area (Å²) in [5, 5.41) is 15.2. The lowest BCUT2D eigenvalue weighted by atomic mass is 10.1. The first-order chi connectivity index (χ1) is 10.4. The quantitative estimate of drug-likeness (QED) is 0.881. The lowest BCUT2D eigenvalue weighted by molar-refractivity contribution is 0.0946. The van der Waals surface area contributed by atoms with Crippen LogP contribution in [0.5, 0.6) is 0 Å². The molecule has 0 unspecified atom stereocenters. The van der Waals surface area contributed by atoms with Crippen LogP contribution in [0.4, 0.5) is 0 Å². The van der Waals surface area contributed by atoms with Crippen molar-refractivity contribution in [1.29, 1.82) is 0 Å². The first-order valence-electron chi connectivity index (χ1n) is 7.60. The Morgan fingerprint density at radius 3 is 2.59 bits per heavy atom. The molecule has 1 N–H and O–H groups in total. The molecule has 0 aliphatic heterocycles. The Labute approximate surface area is 130 Å². The largest absolute Gasteiger partial charge is 0.349 e. The van der Waals surface area contributed by atoms with Gasteiger partial charge in [0.25, 0.3) is 5.91 Å². The van der Waals surface area contributed by atoms with Crippen LogP contribution < -0.4 is 5.32 Å². The minimum absolute atomic E-state index is 0.151. The van der Waals surface area contributed by atoms with Crippen molar-refractivity contribution >= 4 is 5.91 Å². The fraction of sp³-hybridized carbons (Fsp3) is 0.600. The number of hydrogen-bond donors (Lipinski definition) is 1. The van der Waals surface area contributed by atoms with Gasteiger partial charge in [-0.3, -0.25) is 9.48 Å². The molecule has 120 valence electrons. The van der Waals surface area contributed by atoms with Gasteiger partial charge in [0.05, 0.1) is 0 Å². The number of carbonyl (C=O) groups excluding carboxylic acids is 1. The van der Waals surface area contributed by atoms with Gasteiger partial charge in [0.1, 0.15) is 17.8 Å². The van der Waals surface area contributed by atoms with Gasteiger partial charge >= 0.3 is 0 Å². The van der Waals surface area contributed by atoms with Gasteiger partial charge in [0.15, 0.2) is 0 Å². The topological polar surface area (TPSA) is 77.6 Å². The van der Waals surface area contributed by atoms with Crippen molar-refractivity contribution in [2.75, 3.05) is 6.54 Å². The Morgan fingerprint density at radius 2 is 2.00 bits per heavy atom. The third-order valence-electron chi connectivity index (χ3n) is 3.54. The van der Waals surface area contributed by atoms with E-state index in [1.165, 1.54) is 0 Å². The zero-order valence-corrected chi connectivity index (χ0v) is 13.9. The second kappa shape index (κ2) is 6.72. The van der Waals surface area contributed by atoms with Crippen molar-refractivity contribution in [3.63, 3.8) is 0 Å². The summed E-state index contributed by atoms with van der Waals surface area (Å²) in [6.45, 7) is 9.47. The Morgan fingerprint density at radius 1 is 1.27 bits per heavy atom. The highest BCUT2D eigenvalue weighted by Crippen LogP contribution is 2.14. The number of amides is 1. The van der Waals surface area contributed by atoms with Crippen LogP contribution in [0.25, 0.3) is 0 Å². The van der Waals surface area contributed by atoms with E-state index in [1.54, 1.807) is 11.0 Å². The summed E-state index contributed by atoms with van der Waals surface area (Å²) in [4.78, 5) is 12.2. The van der Waals surface area contributed by atoms with Crippen molar-refractivity contribution in [2.45, 2.75) is 46.1 Å². The second-order valence-electron chi connectivity index (χ2n) is 6.03. The van der Waals surface area contributed by atoms with E-state index in [0.29, 0.717) is 30.6 Å². The zero-order valence-electron chi connectivity index (χ0n) is 13.9. The van der Waals surface area contributed by atoms with Crippen molar-refractivity contribution in [3.8, 4) is 0 Å². The van der Waals surface area contributed by atoms with E-state index in [4.69, 9.17) is 0 Å². The third kappa shape index (κ3) is 3.52. The molecule has 0 aliphatic carbocycles. The molecule has 0 radical (unpaired) electrons. The van der Waals surface area contributed by atoms with Crippen molar-refractivity contribution in [1.82, 2.24) is 29.9 Å². The molecular formula is C15H24N6O. The average molecular weight is 304 g/mol. The zero-order chi connectivity index (χ0) is 16.3. The minimum Gasteiger partial charge on any atom is -0.349 e. The Bertz CT molecular complexity index is 640. The molecule has 0 saturated heterocycles. The Hall–Kier alpha value is -2.18. The molecule has 1 amide bonds. The molecule has 2 heterocycles. The predicted molar refractivity (Wildman–Crippen MR) is 83.7 cm³/mol. The highest BCUT2D eigenvalue weighted by molar-refractivity contribution is 5.92. The highest BCUT2D eigenvalue weighted by atomic mass is 16.1. The molecule has 22 heavy (non-hydrogen) atoms. The molecule has 7 heteroatoms. The van der Waals surface area contributed by atoms with Gasteiger partial charge in [-0.15, -0.1) is 10.2 Å². The van der Waals surface area contributed by atoms with Crippen LogP contribution in [-0.2, 0) is 13.6 Å². The van der Waals surface area contributed by atoms with Crippen LogP contribution in [-0.4, -0.2) is 37.0 Å². The summed E-state index contributed by atoms with van der Waals surface area (Å²) in [6, 6.07) is 1.85. The van der Waals surface area contributed by atoms with E-state index in [2.05, 4.69) is 48.3 Å². The molecule has 2 rings (SSSR count). The van der Waals surface area contributed by atoms with Crippen LogP contribution in [0.1, 0.15) is 61.5 Å². The van der Waals surface area contributed by atoms with Crippen molar-refractivity contribution in [3.05, 3.63) is 29.6 Å². The predicted octanol–water partition coefficient (Wildman–Crippen LogP) is 1.69. The summed E-state index contributed by atoms with van der Waals surface area (Å²) in [7, 11) is 1.86. The van der Waals surface area contributed by atoms with Gasteiger partial charge in [0, 0.05) is 31.7 Å². The molecular weight excluding hydrogens is 280 g/mol. The van der Waals surface area contributed by atoms with E-state index in [9.17, 15) is 4.79 Å². The average Bonchev–Trinajstić information content (AvgIpc) is 3.05. The first-order valence-corrected chi connectivity index (χ1v) is 7.60. The molecule has 0 aromatic carbocycles. The van der Waals surface area contributed by atoms with E-state index in [1.807, 2.05) is 17.7 Å². The molecule has 0 aliphatic rings.